The van der Waals surface area contributed by atoms with Gasteiger partial charge >= 0.3 is 0 Å². The molecule has 1 aromatic rings. The topological polar surface area (TPSA) is 91.2 Å². The quantitative estimate of drug-likeness (QED) is 0.614. The normalized spacial score (nSPS) is 34.9. The second-order valence-electron chi connectivity index (χ2n) is 4.61. The van der Waals surface area contributed by atoms with Crippen molar-refractivity contribution < 1.29 is 24.8 Å². The van der Waals surface area contributed by atoms with Gasteiger partial charge in [-0.05, 0) is 31.2 Å². The van der Waals surface area contributed by atoms with Gasteiger partial charge in [0.25, 0.3) is 0 Å². The molecule has 1 fully saturated rings. The Kier molecular flexibility index (Phi) is 4.26. The molecule has 0 amide bonds. The minimum absolute atomic E-state index is 0.561. The number of anilines is 1. The third-order valence-electron chi connectivity index (χ3n) is 3.25. The molecule has 6 heteroatoms. The van der Waals surface area contributed by atoms with E-state index in [1.807, 2.05) is 0 Å². The molecule has 4 N–H and O–H groups in total. The molecule has 1 aliphatic rings. The summed E-state index contributed by atoms with van der Waals surface area (Å²) in [5.41, 5.74) is 0.723. The Morgan fingerprint density at radius 1 is 1.05 bits per heavy atom. The Morgan fingerprint density at radius 2 is 1.68 bits per heavy atom. The van der Waals surface area contributed by atoms with Crippen molar-refractivity contribution in [2.75, 3.05) is 12.4 Å². The minimum Gasteiger partial charge on any atom is -0.497 e. The van der Waals surface area contributed by atoms with E-state index >= 15 is 0 Å². The molecule has 1 aliphatic heterocycles. The van der Waals surface area contributed by atoms with Crippen LogP contribution in [-0.2, 0) is 4.74 Å². The standard InChI is InChI=1S/C13H19NO5/c1-7-10(15)11(16)12(17)13(19-7)14-8-3-5-9(18-2)6-4-8/h3-7,10-17H,1-2H3/t7-,10+,11-,12-,13+/m0/s1. The van der Waals surface area contributed by atoms with Gasteiger partial charge in [-0.15, -0.1) is 0 Å². The predicted molar refractivity (Wildman–Crippen MR) is 69.0 cm³/mol. The first-order valence-electron chi connectivity index (χ1n) is 6.13. The summed E-state index contributed by atoms with van der Waals surface area (Å²) >= 11 is 0. The summed E-state index contributed by atoms with van der Waals surface area (Å²) in [4.78, 5) is 0. The van der Waals surface area contributed by atoms with Crippen molar-refractivity contribution in [2.24, 2.45) is 0 Å². The van der Waals surface area contributed by atoms with Crippen LogP contribution in [0.4, 0.5) is 5.69 Å². The summed E-state index contributed by atoms with van der Waals surface area (Å²) in [6.07, 6.45) is -4.87. The van der Waals surface area contributed by atoms with E-state index in [1.54, 1.807) is 38.3 Å². The summed E-state index contributed by atoms with van der Waals surface area (Å²) in [5.74, 6) is 0.722. The number of aliphatic hydroxyl groups is 3. The van der Waals surface area contributed by atoms with Crippen LogP contribution < -0.4 is 10.1 Å². The van der Waals surface area contributed by atoms with Crippen molar-refractivity contribution in [3.63, 3.8) is 0 Å². The number of ether oxygens (including phenoxy) is 2. The van der Waals surface area contributed by atoms with Crippen LogP contribution in [0.15, 0.2) is 24.3 Å². The van der Waals surface area contributed by atoms with E-state index in [0.29, 0.717) is 0 Å². The molecule has 1 heterocycles. The fourth-order valence-electron chi connectivity index (χ4n) is 2.02. The minimum atomic E-state index is -1.24. The molecule has 0 unspecified atom stereocenters. The van der Waals surface area contributed by atoms with Crippen molar-refractivity contribution in [1.82, 2.24) is 0 Å². The maximum absolute atomic E-state index is 9.87. The number of hydrogen-bond acceptors (Lipinski definition) is 6. The van der Waals surface area contributed by atoms with Crippen LogP contribution in [-0.4, -0.2) is 53.1 Å². The Balaban J connectivity index is 2.05. The lowest BCUT2D eigenvalue weighted by Gasteiger charge is -2.39. The first-order valence-corrected chi connectivity index (χ1v) is 6.13. The summed E-state index contributed by atoms with van der Waals surface area (Å²) in [5, 5.41) is 32.1. The van der Waals surface area contributed by atoms with Crippen molar-refractivity contribution in [3.05, 3.63) is 24.3 Å². The van der Waals surface area contributed by atoms with Gasteiger partial charge in [-0.1, -0.05) is 0 Å². The molecule has 0 saturated carbocycles. The average molecular weight is 269 g/mol. The van der Waals surface area contributed by atoms with E-state index in [4.69, 9.17) is 9.47 Å². The lowest BCUT2D eigenvalue weighted by molar-refractivity contribution is -0.209. The molecule has 0 aromatic heterocycles. The van der Waals surface area contributed by atoms with Gasteiger partial charge in [-0.2, -0.15) is 0 Å². The second-order valence-corrected chi connectivity index (χ2v) is 4.61. The zero-order valence-electron chi connectivity index (χ0n) is 10.9. The maximum atomic E-state index is 9.87. The molecule has 106 valence electrons. The van der Waals surface area contributed by atoms with E-state index in [-0.39, 0.29) is 0 Å². The van der Waals surface area contributed by atoms with E-state index in [1.165, 1.54) is 0 Å². The highest BCUT2D eigenvalue weighted by molar-refractivity contribution is 5.47. The molecule has 0 spiro atoms. The van der Waals surface area contributed by atoms with Gasteiger partial charge in [-0.3, -0.25) is 0 Å². The fraction of sp³-hybridized carbons (Fsp3) is 0.538. The smallest absolute Gasteiger partial charge is 0.157 e. The highest BCUT2D eigenvalue weighted by Crippen LogP contribution is 2.23. The lowest BCUT2D eigenvalue weighted by atomic mass is 9.99. The molecule has 19 heavy (non-hydrogen) atoms. The van der Waals surface area contributed by atoms with Crippen molar-refractivity contribution in [2.45, 2.75) is 37.6 Å². The van der Waals surface area contributed by atoms with Crippen LogP contribution >= 0.6 is 0 Å². The third-order valence-corrected chi connectivity index (χ3v) is 3.25. The van der Waals surface area contributed by atoms with E-state index in [2.05, 4.69) is 5.32 Å². The monoisotopic (exact) mass is 269 g/mol. The van der Waals surface area contributed by atoms with Crippen LogP contribution in [0.25, 0.3) is 0 Å². The maximum Gasteiger partial charge on any atom is 0.157 e. The van der Waals surface area contributed by atoms with Crippen LogP contribution in [0.1, 0.15) is 6.92 Å². The zero-order chi connectivity index (χ0) is 14.0. The highest BCUT2D eigenvalue weighted by Gasteiger charge is 2.41. The van der Waals surface area contributed by atoms with Crippen LogP contribution in [0.2, 0.25) is 0 Å². The fourth-order valence-corrected chi connectivity index (χ4v) is 2.02. The Hall–Kier alpha value is -1.34. The van der Waals surface area contributed by atoms with Gasteiger partial charge in [0.15, 0.2) is 6.23 Å². The van der Waals surface area contributed by atoms with Crippen LogP contribution in [0, 0.1) is 0 Å². The van der Waals surface area contributed by atoms with Gasteiger partial charge in [0.05, 0.1) is 13.2 Å². The second kappa shape index (κ2) is 5.75. The first-order chi connectivity index (χ1) is 9.02. The van der Waals surface area contributed by atoms with Gasteiger partial charge in [-0.25, -0.2) is 0 Å². The molecular weight excluding hydrogens is 250 g/mol. The van der Waals surface area contributed by atoms with Crippen molar-refractivity contribution >= 4 is 5.69 Å². The molecule has 2 rings (SSSR count). The number of methoxy groups -OCH3 is 1. The summed E-state index contributed by atoms with van der Waals surface area (Å²) < 4.78 is 10.5. The van der Waals surface area contributed by atoms with Gasteiger partial charge < -0.3 is 30.1 Å². The SMILES string of the molecule is COc1ccc(N[C@@H]2O[C@@H](C)[C@@H](O)[C@H](O)[C@@H]2O)cc1. The number of benzene rings is 1. The first kappa shape index (κ1) is 14.1. The molecule has 0 bridgehead atoms. The molecule has 0 radical (unpaired) electrons. The third kappa shape index (κ3) is 2.98. The number of aliphatic hydroxyl groups excluding tert-OH is 3. The molecule has 0 aliphatic carbocycles. The summed E-state index contributed by atoms with van der Waals surface area (Å²) in [6.45, 7) is 1.64. The molecular formula is C13H19NO5. The Morgan fingerprint density at radius 3 is 2.26 bits per heavy atom. The van der Waals surface area contributed by atoms with E-state index in [9.17, 15) is 15.3 Å². The number of hydrogen-bond donors (Lipinski definition) is 4. The molecule has 1 saturated heterocycles. The highest BCUT2D eigenvalue weighted by atomic mass is 16.5. The van der Waals surface area contributed by atoms with Gasteiger partial charge in [0, 0.05) is 5.69 Å². The van der Waals surface area contributed by atoms with Crippen LogP contribution in [0.5, 0.6) is 5.75 Å². The molecule has 1 aromatic carbocycles. The number of rotatable bonds is 3. The summed E-state index contributed by atoms with van der Waals surface area (Å²) in [6, 6.07) is 7.09. The zero-order valence-corrected chi connectivity index (χ0v) is 10.9. The molecule has 5 atom stereocenters. The number of nitrogens with one attached hydrogen (secondary N) is 1. The van der Waals surface area contributed by atoms with Gasteiger partial charge in [0.2, 0.25) is 0 Å². The van der Waals surface area contributed by atoms with Crippen LogP contribution in [0.3, 0.4) is 0 Å². The van der Waals surface area contributed by atoms with Gasteiger partial charge in [0.1, 0.15) is 24.1 Å². The van der Waals surface area contributed by atoms with Crippen molar-refractivity contribution in [1.29, 1.82) is 0 Å². The summed E-state index contributed by atoms with van der Waals surface area (Å²) in [7, 11) is 1.58. The largest absolute Gasteiger partial charge is 0.497 e. The van der Waals surface area contributed by atoms with E-state index in [0.717, 1.165) is 11.4 Å². The Bertz CT molecular complexity index is 410. The van der Waals surface area contributed by atoms with E-state index < -0.39 is 30.6 Å². The Labute approximate surface area is 111 Å². The van der Waals surface area contributed by atoms with Crippen molar-refractivity contribution in [3.8, 4) is 5.75 Å². The molecule has 6 nitrogen and oxygen atoms in total. The average Bonchev–Trinajstić information content (AvgIpc) is 2.43. The lowest BCUT2D eigenvalue weighted by Crippen LogP contribution is -2.58. The predicted octanol–water partition coefficient (Wildman–Crippen LogP) is -0.0654.